The molecule has 2 heterocycles. The summed E-state index contributed by atoms with van der Waals surface area (Å²) in [6.45, 7) is 2.27. The molecule has 0 bridgehead atoms. The summed E-state index contributed by atoms with van der Waals surface area (Å²) in [6, 6.07) is 21.0. The lowest BCUT2D eigenvalue weighted by Crippen LogP contribution is -2.19. The number of aromatic nitrogens is 1. The van der Waals surface area contributed by atoms with Crippen molar-refractivity contribution in [3.8, 4) is 5.75 Å². The van der Waals surface area contributed by atoms with Crippen molar-refractivity contribution >= 4 is 33.9 Å². The summed E-state index contributed by atoms with van der Waals surface area (Å²) >= 11 is 1.58. The monoisotopic (exact) mass is 401 g/mol. The first kappa shape index (κ1) is 18.8. The van der Waals surface area contributed by atoms with Gasteiger partial charge in [0.05, 0.1) is 5.71 Å². The van der Waals surface area contributed by atoms with Crippen LogP contribution in [0.3, 0.4) is 0 Å². The number of hydrogen-bond donors (Lipinski definition) is 1. The van der Waals surface area contributed by atoms with E-state index in [-0.39, 0.29) is 5.91 Å². The number of hydrogen-bond acceptors (Lipinski definition) is 5. The number of carbonyl (C=O) groups excluding carboxylic acids is 1. The van der Waals surface area contributed by atoms with Gasteiger partial charge in [-0.3, -0.25) is 9.78 Å². The van der Waals surface area contributed by atoms with Gasteiger partial charge in [-0.15, -0.1) is 11.3 Å². The quantitative estimate of drug-likeness (QED) is 0.364. The summed E-state index contributed by atoms with van der Waals surface area (Å²) in [5.41, 5.74) is 5.73. The fraction of sp³-hybridized carbons (Fsp3) is 0.0870. The van der Waals surface area contributed by atoms with Crippen LogP contribution in [0.25, 0.3) is 10.9 Å². The van der Waals surface area contributed by atoms with Crippen molar-refractivity contribution < 1.29 is 9.53 Å². The molecule has 0 atom stereocenters. The first-order valence-corrected chi connectivity index (χ1v) is 10.0. The van der Waals surface area contributed by atoms with Gasteiger partial charge in [0.1, 0.15) is 17.9 Å². The predicted molar refractivity (Wildman–Crippen MR) is 117 cm³/mol. The Labute approximate surface area is 172 Å². The molecule has 0 unspecified atom stereocenters. The fourth-order valence-electron chi connectivity index (χ4n) is 2.84. The van der Waals surface area contributed by atoms with E-state index < -0.39 is 0 Å². The molecular weight excluding hydrogens is 382 g/mol. The Morgan fingerprint density at radius 2 is 1.90 bits per heavy atom. The van der Waals surface area contributed by atoms with E-state index in [2.05, 4.69) is 15.5 Å². The molecule has 6 heteroatoms. The van der Waals surface area contributed by atoms with Gasteiger partial charge in [-0.05, 0) is 48.2 Å². The van der Waals surface area contributed by atoms with Gasteiger partial charge in [0.25, 0.3) is 5.91 Å². The molecule has 4 rings (SSSR count). The van der Waals surface area contributed by atoms with Crippen LogP contribution in [-0.2, 0) is 6.61 Å². The van der Waals surface area contributed by atoms with Crippen LogP contribution in [0.4, 0.5) is 0 Å². The molecule has 0 radical (unpaired) electrons. The topological polar surface area (TPSA) is 63.6 Å². The molecule has 1 N–H and O–H groups in total. The number of hydrazone groups is 1. The lowest BCUT2D eigenvalue weighted by molar-refractivity contribution is 0.0955. The van der Waals surface area contributed by atoms with Crippen molar-refractivity contribution in [1.29, 1.82) is 0 Å². The molecule has 0 aliphatic heterocycles. The summed E-state index contributed by atoms with van der Waals surface area (Å²) in [5, 5.41) is 7.18. The zero-order chi connectivity index (χ0) is 20.1. The molecule has 0 spiro atoms. The summed E-state index contributed by atoms with van der Waals surface area (Å²) in [4.78, 5) is 17.7. The van der Waals surface area contributed by atoms with Crippen molar-refractivity contribution in [3.63, 3.8) is 0 Å². The van der Waals surface area contributed by atoms with Gasteiger partial charge >= 0.3 is 0 Å². The number of rotatable bonds is 6. The molecule has 5 nitrogen and oxygen atoms in total. The first-order chi connectivity index (χ1) is 14.2. The molecule has 0 saturated heterocycles. The lowest BCUT2D eigenvalue weighted by Gasteiger charge is -2.09. The Morgan fingerprint density at radius 3 is 2.69 bits per heavy atom. The minimum atomic E-state index is -0.244. The van der Waals surface area contributed by atoms with E-state index in [0.29, 0.717) is 12.2 Å². The number of ether oxygens (including phenoxy) is 1. The van der Waals surface area contributed by atoms with E-state index in [0.717, 1.165) is 32.8 Å². The highest BCUT2D eigenvalue weighted by Gasteiger charge is 2.07. The highest BCUT2D eigenvalue weighted by atomic mass is 32.1. The first-order valence-electron chi connectivity index (χ1n) is 9.15. The molecule has 1 amide bonds. The standard InChI is InChI=1S/C23H19N3O2S/c1-16(21-8-4-14-29-21)25-26-23(27)19-11-9-17(10-12-19)15-28-20-7-2-5-18-6-3-13-24-22(18)20/h2-14H,15H2,1H3,(H,26,27)/b25-16+. The van der Waals surface area contributed by atoms with Crippen molar-refractivity contribution in [1.82, 2.24) is 10.4 Å². The molecule has 4 aromatic rings. The van der Waals surface area contributed by atoms with E-state index in [9.17, 15) is 4.79 Å². The Kier molecular flexibility index (Phi) is 5.63. The number of amides is 1. The number of pyridine rings is 1. The van der Waals surface area contributed by atoms with Gasteiger partial charge in [0, 0.05) is 22.0 Å². The maximum Gasteiger partial charge on any atom is 0.271 e. The molecule has 0 fully saturated rings. The molecule has 144 valence electrons. The number of carbonyl (C=O) groups is 1. The average Bonchev–Trinajstić information content (AvgIpc) is 3.31. The van der Waals surface area contributed by atoms with Crippen molar-refractivity contribution in [2.75, 3.05) is 0 Å². The Morgan fingerprint density at radius 1 is 1.07 bits per heavy atom. The van der Waals surface area contributed by atoms with Crippen LogP contribution in [-0.4, -0.2) is 16.6 Å². The molecule has 29 heavy (non-hydrogen) atoms. The fourth-order valence-corrected chi connectivity index (χ4v) is 3.52. The molecule has 0 aliphatic carbocycles. The van der Waals surface area contributed by atoms with Gasteiger partial charge in [0.15, 0.2) is 0 Å². The molecule has 2 aromatic carbocycles. The normalized spacial score (nSPS) is 11.4. The maximum absolute atomic E-state index is 12.3. The van der Waals surface area contributed by atoms with E-state index in [1.54, 1.807) is 29.7 Å². The van der Waals surface area contributed by atoms with E-state index in [1.807, 2.05) is 66.9 Å². The molecule has 2 aromatic heterocycles. The van der Waals surface area contributed by atoms with Gasteiger partial charge in [0.2, 0.25) is 0 Å². The van der Waals surface area contributed by atoms with Gasteiger partial charge in [-0.2, -0.15) is 5.10 Å². The van der Waals surface area contributed by atoms with Crippen molar-refractivity contribution in [2.24, 2.45) is 5.10 Å². The molecule has 0 aliphatic rings. The average molecular weight is 401 g/mol. The van der Waals surface area contributed by atoms with Crippen molar-refractivity contribution in [2.45, 2.75) is 13.5 Å². The van der Waals surface area contributed by atoms with Crippen LogP contribution in [0.5, 0.6) is 5.75 Å². The van der Waals surface area contributed by atoms with Crippen LogP contribution in [0.2, 0.25) is 0 Å². The highest BCUT2D eigenvalue weighted by Crippen LogP contribution is 2.23. The lowest BCUT2D eigenvalue weighted by atomic mass is 10.1. The van der Waals surface area contributed by atoms with Gasteiger partial charge in [-0.25, -0.2) is 5.43 Å². The van der Waals surface area contributed by atoms with Crippen LogP contribution in [0.15, 0.2) is 83.4 Å². The maximum atomic E-state index is 12.3. The third-order valence-corrected chi connectivity index (χ3v) is 5.39. The third kappa shape index (κ3) is 4.50. The number of nitrogens with zero attached hydrogens (tertiary/aromatic N) is 2. The van der Waals surface area contributed by atoms with Crippen LogP contribution >= 0.6 is 11.3 Å². The van der Waals surface area contributed by atoms with Crippen molar-refractivity contribution in [3.05, 3.63) is 94.3 Å². The molecule has 0 saturated carbocycles. The second kappa shape index (κ2) is 8.67. The summed E-state index contributed by atoms with van der Waals surface area (Å²) in [7, 11) is 0. The summed E-state index contributed by atoms with van der Waals surface area (Å²) < 4.78 is 5.94. The van der Waals surface area contributed by atoms with Gasteiger partial charge < -0.3 is 4.74 Å². The number of fused-ring (bicyclic) bond motifs is 1. The Balaban J connectivity index is 1.39. The van der Waals surface area contributed by atoms with E-state index in [4.69, 9.17) is 4.74 Å². The highest BCUT2D eigenvalue weighted by molar-refractivity contribution is 7.12. The minimum absolute atomic E-state index is 0.244. The minimum Gasteiger partial charge on any atom is -0.487 e. The second-order valence-electron chi connectivity index (χ2n) is 6.43. The number of thiophene rings is 1. The summed E-state index contributed by atoms with van der Waals surface area (Å²) in [6.07, 6.45) is 1.76. The van der Waals surface area contributed by atoms with Crippen LogP contribution < -0.4 is 10.2 Å². The Bertz CT molecular complexity index is 1150. The number of nitrogens with one attached hydrogen (secondary N) is 1. The molecular formula is C23H19N3O2S. The van der Waals surface area contributed by atoms with Crippen LogP contribution in [0.1, 0.15) is 27.7 Å². The largest absolute Gasteiger partial charge is 0.487 e. The number of benzene rings is 2. The van der Waals surface area contributed by atoms with E-state index >= 15 is 0 Å². The number of para-hydroxylation sites is 1. The smallest absolute Gasteiger partial charge is 0.271 e. The van der Waals surface area contributed by atoms with Gasteiger partial charge in [-0.1, -0.05) is 36.4 Å². The second-order valence-corrected chi connectivity index (χ2v) is 7.38. The van der Waals surface area contributed by atoms with E-state index in [1.165, 1.54) is 0 Å². The Hall–Kier alpha value is -3.51. The zero-order valence-electron chi connectivity index (χ0n) is 15.8. The predicted octanol–water partition coefficient (Wildman–Crippen LogP) is 5.03. The zero-order valence-corrected chi connectivity index (χ0v) is 16.6. The van der Waals surface area contributed by atoms with Crippen LogP contribution in [0, 0.1) is 0 Å². The SMILES string of the molecule is C/C(=N\NC(=O)c1ccc(COc2cccc3cccnc23)cc1)c1cccs1. The summed E-state index contributed by atoms with van der Waals surface area (Å²) in [5.74, 6) is 0.495. The third-order valence-electron chi connectivity index (χ3n) is 4.41.